The van der Waals surface area contributed by atoms with Gasteiger partial charge in [-0.1, -0.05) is 0 Å². The number of H-pyrrole nitrogens is 1. The van der Waals surface area contributed by atoms with Gasteiger partial charge in [0.25, 0.3) is 0 Å². The SMILES string of the molecule is CCOCCCNS(=O)(=O)c1c(C)[nH]c(C)c1C(=O)OCC. The van der Waals surface area contributed by atoms with Gasteiger partial charge >= 0.3 is 5.97 Å². The molecule has 7 nitrogen and oxygen atoms in total. The molecular formula is C14H24N2O5S. The van der Waals surface area contributed by atoms with Crippen molar-refractivity contribution in [3.05, 3.63) is 17.0 Å². The molecule has 1 rings (SSSR count). The standard InChI is InChI=1S/C14H24N2O5S/c1-5-20-9-7-8-15-22(18,19)13-11(4)16-10(3)12(13)14(17)21-6-2/h15-16H,5-9H2,1-4H3. The molecule has 22 heavy (non-hydrogen) atoms. The molecule has 8 heteroatoms. The van der Waals surface area contributed by atoms with Crippen LogP contribution in [0.3, 0.4) is 0 Å². The molecule has 2 N–H and O–H groups in total. The second kappa shape index (κ2) is 8.30. The Labute approximate surface area is 131 Å². The van der Waals surface area contributed by atoms with Crippen molar-refractivity contribution < 1.29 is 22.7 Å². The van der Waals surface area contributed by atoms with Crippen LogP contribution in [0.25, 0.3) is 0 Å². The van der Waals surface area contributed by atoms with E-state index in [2.05, 4.69) is 9.71 Å². The Balaban J connectivity index is 2.96. The second-order valence-corrected chi connectivity index (χ2v) is 6.45. The highest BCUT2D eigenvalue weighted by Gasteiger charge is 2.29. The number of carbonyl (C=O) groups is 1. The molecule has 0 aliphatic carbocycles. The number of rotatable bonds is 9. The summed E-state index contributed by atoms with van der Waals surface area (Å²) in [5, 5.41) is 0. The molecule has 126 valence electrons. The van der Waals surface area contributed by atoms with Crippen LogP contribution >= 0.6 is 0 Å². The van der Waals surface area contributed by atoms with E-state index >= 15 is 0 Å². The first-order valence-electron chi connectivity index (χ1n) is 7.28. The van der Waals surface area contributed by atoms with E-state index in [0.717, 1.165) is 0 Å². The van der Waals surface area contributed by atoms with E-state index < -0.39 is 16.0 Å². The molecular weight excluding hydrogens is 308 g/mol. The van der Waals surface area contributed by atoms with Crippen molar-refractivity contribution in [3.8, 4) is 0 Å². The quantitative estimate of drug-likeness (QED) is 0.528. The van der Waals surface area contributed by atoms with Crippen molar-refractivity contribution >= 4 is 16.0 Å². The van der Waals surface area contributed by atoms with E-state index in [1.807, 2.05) is 6.92 Å². The maximum absolute atomic E-state index is 12.4. The van der Waals surface area contributed by atoms with Gasteiger partial charge in [0.15, 0.2) is 0 Å². The van der Waals surface area contributed by atoms with Gasteiger partial charge in [-0.2, -0.15) is 0 Å². The van der Waals surface area contributed by atoms with E-state index in [-0.39, 0.29) is 23.6 Å². The van der Waals surface area contributed by atoms with E-state index in [1.54, 1.807) is 20.8 Å². The van der Waals surface area contributed by atoms with Gasteiger partial charge in [0.2, 0.25) is 10.0 Å². The summed E-state index contributed by atoms with van der Waals surface area (Å²) in [6.45, 7) is 8.31. The number of sulfonamides is 1. The van der Waals surface area contributed by atoms with Crippen LogP contribution in [0.1, 0.15) is 42.0 Å². The minimum Gasteiger partial charge on any atom is -0.462 e. The summed E-state index contributed by atoms with van der Waals surface area (Å²) < 4.78 is 37.5. The minimum absolute atomic E-state index is 0.0418. The lowest BCUT2D eigenvalue weighted by Gasteiger charge is -2.09. The third kappa shape index (κ3) is 4.56. The van der Waals surface area contributed by atoms with Gasteiger partial charge in [-0.25, -0.2) is 17.9 Å². The number of nitrogens with one attached hydrogen (secondary N) is 2. The van der Waals surface area contributed by atoms with E-state index in [1.165, 1.54) is 0 Å². The van der Waals surface area contributed by atoms with Gasteiger partial charge in [0, 0.05) is 31.1 Å². The van der Waals surface area contributed by atoms with E-state index in [0.29, 0.717) is 31.0 Å². The van der Waals surface area contributed by atoms with Crippen LogP contribution in [0.2, 0.25) is 0 Å². The third-order valence-corrected chi connectivity index (χ3v) is 4.66. The molecule has 0 saturated heterocycles. The molecule has 1 heterocycles. The number of hydrogen-bond acceptors (Lipinski definition) is 5. The molecule has 0 aliphatic rings. The number of carbonyl (C=O) groups excluding carboxylic acids is 1. The maximum atomic E-state index is 12.4. The molecule has 0 fully saturated rings. The molecule has 0 amide bonds. The molecule has 0 spiro atoms. The molecule has 0 saturated carbocycles. The molecule has 0 bridgehead atoms. The third-order valence-electron chi connectivity index (χ3n) is 3.03. The van der Waals surface area contributed by atoms with Crippen LogP contribution in [0, 0.1) is 13.8 Å². The highest BCUT2D eigenvalue weighted by Crippen LogP contribution is 2.24. The predicted molar refractivity (Wildman–Crippen MR) is 82.5 cm³/mol. The summed E-state index contributed by atoms with van der Waals surface area (Å²) in [6.07, 6.45) is 0.560. The van der Waals surface area contributed by atoms with Crippen LogP contribution in [0.4, 0.5) is 0 Å². The van der Waals surface area contributed by atoms with Crippen LogP contribution in [0.15, 0.2) is 4.90 Å². The number of aromatic amines is 1. The zero-order valence-electron chi connectivity index (χ0n) is 13.5. The van der Waals surface area contributed by atoms with Gasteiger partial charge in [0.1, 0.15) is 10.5 Å². The fourth-order valence-corrected chi connectivity index (χ4v) is 3.66. The number of esters is 1. The lowest BCUT2D eigenvalue weighted by atomic mass is 10.2. The Kier molecular flexibility index (Phi) is 7.05. The lowest BCUT2D eigenvalue weighted by molar-refractivity contribution is 0.0521. The van der Waals surface area contributed by atoms with Gasteiger partial charge in [0.05, 0.1) is 6.61 Å². The zero-order chi connectivity index (χ0) is 16.8. The van der Waals surface area contributed by atoms with Crippen molar-refractivity contribution in [2.45, 2.75) is 39.0 Å². The number of aryl methyl sites for hydroxylation is 2. The number of hydrogen-bond donors (Lipinski definition) is 2. The first-order valence-corrected chi connectivity index (χ1v) is 8.77. The topological polar surface area (TPSA) is 97.5 Å². The highest BCUT2D eigenvalue weighted by molar-refractivity contribution is 7.89. The summed E-state index contributed by atoms with van der Waals surface area (Å²) in [4.78, 5) is 14.9. The van der Waals surface area contributed by atoms with Crippen LogP contribution in [-0.2, 0) is 19.5 Å². The fraction of sp³-hybridized carbons (Fsp3) is 0.643. The summed E-state index contributed by atoms with van der Waals surface area (Å²) in [5.74, 6) is -0.640. The van der Waals surface area contributed by atoms with Gasteiger partial charge < -0.3 is 14.5 Å². The molecule has 1 aromatic rings. The normalized spacial score (nSPS) is 11.6. The maximum Gasteiger partial charge on any atom is 0.341 e. The largest absolute Gasteiger partial charge is 0.462 e. The number of ether oxygens (including phenoxy) is 2. The fourth-order valence-electron chi connectivity index (χ4n) is 2.14. The Hall–Kier alpha value is -1.38. The summed E-state index contributed by atoms with van der Waals surface area (Å²) in [6, 6.07) is 0. The Bertz CT molecular complexity index is 607. The van der Waals surface area contributed by atoms with Crippen LogP contribution in [-0.4, -0.2) is 45.7 Å². The van der Waals surface area contributed by atoms with Crippen molar-refractivity contribution in [1.82, 2.24) is 9.71 Å². The van der Waals surface area contributed by atoms with Gasteiger partial charge in [-0.3, -0.25) is 0 Å². The molecule has 1 aromatic heterocycles. The molecule has 0 atom stereocenters. The monoisotopic (exact) mass is 332 g/mol. The highest BCUT2D eigenvalue weighted by atomic mass is 32.2. The summed E-state index contributed by atoms with van der Waals surface area (Å²) in [5.41, 5.74) is 0.958. The van der Waals surface area contributed by atoms with Crippen LogP contribution < -0.4 is 4.72 Å². The Morgan fingerprint density at radius 3 is 2.45 bits per heavy atom. The van der Waals surface area contributed by atoms with E-state index in [9.17, 15) is 13.2 Å². The number of aromatic nitrogens is 1. The van der Waals surface area contributed by atoms with Gasteiger partial charge in [-0.15, -0.1) is 0 Å². The second-order valence-electron chi connectivity index (χ2n) is 4.75. The van der Waals surface area contributed by atoms with Crippen molar-refractivity contribution in [3.63, 3.8) is 0 Å². The first kappa shape index (κ1) is 18.7. The average molecular weight is 332 g/mol. The summed E-state index contributed by atoms with van der Waals surface area (Å²) >= 11 is 0. The lowest BCUT2D eigenvalue weighted by Crippen LogP contribution is -2.27. The zero-order valence-corrected chi connectivity index (χ0v) is 14.3. The minimum atomic E-state index is -3.79. The molecule has 0 aromatic carbocycles. The molecule has 0 unspecified atom stereocenters. The first-order chi connectivity index (χ1) is 10.3. The Morgan fingerprint density at radius 2 is 1.86 bits per heavy atom. The van der Waals surface area contributed by atoms with Crippen LogP contribution in [0.5, 0.6) is 0 Å². The van der Waals surface area contributed by atoms with Gasteiger partial charge in [-0.05, 0) is 34.1 Å². The predicted octanol–water partition coefficient (Wildman–Crippen LogP) is 1.51. The molecule has 0 aliphatic heterocycles. The average Bonchev–Trinajstić information content (AvgIpc) is 2.74. The molecule has 0 radical (unpaired) electrons. The Morgan fingerprint density at radius 1 is 1.18 bits per heavy atom. The van der Waals surface area contributed by atoms with E-state index in [4.69, 9.17) is 9.47 Å². The summed E-state index contributed by atoms with van der Waals surface area (Å²) in [7, 11) is -3.79. The smallest absolute Gasteiger partial charge is 0.341 e. The van der Waals surface area contributed by atoms with Crippen molar-refractivity contribution in [2.24, 2.45) is 0 Å². The van der Waals surface area contributed by atoms with Crippen molar-refractivity contribution in [2.75, 3.05) is 26.4 Å². The van der Waals surface area contributed by atoms with Crippen molar-refractivity contribution in [1.29, 1.82) is 0 Å².